The first-order valence-electron chi connectivity index (χ1n) is 7.30. The Hall–Kier alpha value is -1.10. The van der Waals surface area contributed by atoms with E-state index in [-0.39, 0.29) is 23.9 Å². The van der Waals surface area contributed by atoms with Crippen molar-refractivity contribution >= 4 is 11.8 Å². The lowest BCUT2D eigenvalue weighted by Gasteiger charge is -2.37. The fourth-order valence-electron chi connectivity index (χ4n) is 2.26. The minimum absolute atomic E-state index is 0.0458. The summed E-state index contributed by atoms with van der Waals surface area (Å²) in [4.78, 5) is 25.8. The van der Waals surface area contributed by atoms with Gasteiger partial charge in [-0.05, 0) is 26.2 Å². The highest BCUT2D eigenvalue weighted by atomic mass is 16.5. The average Bonchev–Trinajstić information content (AvgIpc) is 2.39. The third-order valence-corrected chi connectivity index (χ3v) is 3.36. The summed E-state index contributed by atoms with van der Waals surface area (Å²) < 4.78 is 5.41. The molecule has 1 heterocycles. The van der Waals surface area contributed by atoms with Crippen molar-refractivity contribution in [2.24, 2.45) is 0 Å². The summed E-state index contributed by atoms with van der Waals surface area (Å²) in [5.41, 5.74) is 0. The molecule has 0 aliphatic carbocycles. The molecule has 0 aromatic rings. The van der Waals surface area contributed by atoms with Crippen molar-refractivity contribution < 1.29 is 14.3 Å². The second kappa shape index (κ2) is 8.15. The normalized spacial score (nSPS) is 23.6. The van der Waals surface area contributed by atoms with Crippen LogP contribution in [0.25, 0.3) is 0 Å². The van der Waals surface area contributed by atoms with Gasteiger partial charge in [0.05, 0.1) is 0 Å². The number of carbonyl (C=O) groups is 2. The third kappa shape index (κ3) is 4.49. The lowest BCUT2D eigenvalue weighted by Crippen LogP contribution is -2.62. The van der Waals surface area contributed by atoms with Gasteiger partial charge in [0.2, 0.25) is 11.8 Å². The van der Waals surface area contributed by atoms with Gasteiger partial charge in [-0.2, -0.15) is 0 Å². The number of carbonyl (C=O) groups excluding carboxylic acids is 2. The predicted molar refractivity (Wildman–Crippen MR) is 73.7 cm³/mol. The maximum Gasteiger partial charge on any atom is 0.245 e. The van der Waals surface area contributed by atoms with Crippen LogP contribution >= 0.6 is 0 Å². The number of rotatable bonds is 8. The number of nitrogens with one attached hydrogen (secondary N) is 1. The quantitative estimate of drug-likeness (QED) is 0.677. The van der Waals surface area contributed by atoms with Crippen LogP contribution in [-0.2, 0) is 14.3 Å². The van der Waals surface area contributed by atoms with Crippen LogP contribution in [0.3, 0.4) is 0 Å². The van der Waals surface area contributed by atoms with Crippen molar-refractivity contribution in [3.8, 4) is 0 Å². The van der Waals surface area contributed by atoms with Gasteiger partial charge in [0, 0.05) is 19.8 Å². The SMILES string of the molecule is CCCOCCCN1C(=O)C(CCC)NC(=O)C1C. The van der Waals surface area contributed by atoms with Crippen molar-refractivity contribution in [2.75, 3.05) is 19.8 Å². The topological polar surface area (TPSA) is 58.6 Å². The Labute approximate surface area is 115 Å². The predicted octanol–water partition coefficient (Wildman–Crippen LogP) is 1.32. The van der Waals surface area contributed by atoms with Gasteiger partial charge in [-0.15, -0.1) is 0 Å². The molecule has 1 aliphatic heterocycles. The molecule has 0 bridgehead atoms. The molecule has 1 rings (SSSR count). The summed E-state index contributed by atoms with van der Waals surface area (Å²) in [6.45, 7) is 7.85. The van der Waals surface area contributed by atoms with Gasteiger partial charge in [-0.25, -0.2) is 0 Å². The maximum atomic E-state index is 12.3. The molecule has 5 heteroatoms. The molecule has 0 aromatic heterocycles. The largest absolute Gasteiger partial charge is 0.381 e. The van der Waals surface area contributed by atoms with E-state index >= 15 is 0 Å². The second-order valence-corrected chi connectivity index (χ2v) is 5.02. The fraction of sp³-hybridized carbons (Fsp3) is 0.857. The molecule has 2 unspecified atom stereocenters. The highest BCUT2D eigenvalue weighted by molar-refractivity contribution is 5.96. The van der Waals surface area contributed by atoms with Crippen LogP contribution in [0.2, 0.25) is 0 Å². The van der Waals surface area contributed by atoms with Crippen molar-refractivity contribution in [1.82, 2.24) is 10.2 Å². The first-order valence-corrected chi connectivity index (χ1v) is 7.30. The van der Waals surface area contributed by atoms with Gasteiger partial charge >= 0.3 is 0 Å². The van der Waals surface area contributed by atoms with Crippen LogP contribution in [0.5, 0.6) is 0 Å². The Morgan fingerprint density at radius 1 is 1.21 bits per heavy atom. The van der Waals surface area contributed by atoms with E-state index in [1.54, 1.807) is 11.8 Å². The van der Waals surface area contributed by atoms with E-state index in [2.05, 4.69) is 12.2 Å². The molecular weight excluding hydrogens is 244 g/mol. The van der Waals surface area contributed by atoms with Crippen LogP contribution < -0.4 is 5.32 Å². The molecule has 1 fully saturated rings. The molecule has 1 N–H and O–H groups in total. The molecule has 0 saturated carbocycles. The van der Waals surface area contributed by atoms with E-state index in [4.69, 9.17) is 4.74 Å². The van der Waals surface area contributed by atoms with E-state index < -0.39 is 0 Å². The zero-order chi connectivity index (χ0) is 14.3. The van der Waals surface area contributed by atoms with E-state index in [1.165, 1.54) is 0 Å². The molecule has 1 saturated heterocycles. The maximum absolute atomic E-state index is 12.3. The number of ether oxygens (including phenoxy) is 1. The fourth-order valence-corrected chi connectivity index (χ4v) is 2.26. The van der Waals surface area contributed by atoms with Gasteiger partial charge < -0.3 is 15.0 Å². The molecule has 0 radical (unpaired) electrons. The Kier molecular flexibility index (Phi) is 6.84. The van der Waals surface area contributed by atoms with Crippen LogP contribution in [-0.4, -0.2) is 48.6 Å². The van der Waals surface area contributed by atoms with Crippen LogP contribution in [0, 0.1) is 0 Å². The number of nitrogens with zero attached hydrogens (tertiary/aromatic N) is 1. The highest BCUT2D eigenvalue weighted by Crippen LogP contribution is 2.13. The van der Waals surface area contributed by atoms with Gasteiger partial charge in [0.25, 0.3) is 0 Å². The number of piperazine rings is 1. The van der Waals surface area contributed by atoms with Crippen LogP contribution in [0.15, 0.2) is 0 Å². The first-order chi connectivity index (χ1) is 9.11. The van der Waals surface area contributed by atoms with E-state index in [9.17, 15) is 9.59 Å². The minimum Gasteiger partial charge on any atom is -0.381 e. The van der Waals surface area contributed by atoms with Crippen molar-refractivity contribution in [2.45, 2.75) is 58.5 Å². The van der Waals surface area contributed by atoms with Gasteiger partial charge in [-0.3, -0.25) is 9.59 Å². The summed E-state index contributed by atoms with van der Waals surface area (Å²) in [5, 5.41) is 2.80. The molecular formula is C14H26N2O3. The zero-order valence-corrected chi connectivity index (χ0v) is 12.3. The minimum atomic E-state index is -0.369. The Morgan fingerprint density at radius 3 is 2.58 bits per heavy atom. The summed E-state index contributed by atoms with van der Waals surface area (Å²) >= 11 is 0. The Morgan fingerprint density at radius 2 is 1.95 bits per heavy atom. The Bertz CT molecular complexity index is 307. The summed E-state index contributed by atoms with van der Waals surface area (Å²) in [6.07, 6.45) is 3.38. The Balaban J connectivity index is 2.47. The second-order valence-electron chi connectivity index (χ2n) is 5.02. The summed E-state index contributed by atoms with van der Waals surface area (Å²) in [5.74, 6) is -0.00281. The molecule has 0 aromatic carbocycles. The highest BCUT2D eigenvalue weighted by Gasteiger charge is 2.36. The van der Waals surface area contributed by atoms with Crippen molar-refractivity contribution in [3.63, 3.8) is 0 Å². The van der Waals surface area contributed by atoms with E-state index in [0.29, 0.717) is 19.6 Å². The van der Waals surface area contributed by atoms with Gasteiger partial charge in [0.1, 0.15) is 12.1 Å². The van der Waals surface area contributed by atoms with Crippen LogP contribution in [0.4, 0.5) is 0 Å². The molecule has 5 nitrogen and oxygen atoms in total. The van der Waals surface area contributed by atoms with Crippen LogP contribution in [0.1, 0.15) is 46.5 Å². The standard InChI is InChI=1S/C14H26N2O3/c1-4-7-12-14(18)16(11(3)13(17)15-12)8-6-10-19-9-5-2/h11-12H,4-10H2,1-3H3,(H,15,17). The third-order valence-electron chi connectivity index (χ3n) is 3.36. The first kappa shape index (κ1) is 16.0. The average molecular weight is 270 g/mol. The zero-order valence-electron chi connectivity index (χ0n) is 12.3. The monoisotopic (exact) mass is 270 g/mol. The molecule has 19 heavy (non-hydrogen) atoms. The lowest BCUT2D eigenvalue weighted by atomic mass is 10.0. The molecule has 2 atom stereocenters. The van der Waals surface area contributed by atoms with E-state index in [0.717, 1.165) is 25.9 Å². The number of amides is 2. The number of hydrogen-bond acceptors (Lipinski definition) is 3. The summed E-state index contributed by atoms with van der Waals surface area (Å²) in [6, 6.07) is -0.711. The van der Waals surface area contributed by atoms with Gasteiger partial charge in [-0.1, -0.05) is 20.3 Å². The number of hydrogen-bond donors (Lipinski definition) is 1. The smallest absolute Gasteiger partial charge is 0.245 e. The molecule has 110 valence electrons. The van der Waals surface area contributed by atoms with Crippen molar-refractivity contribution in [3.05, 3.63) is 0 Å². The molecule has 0 spiro atoms. The van der Waals surface area contributed by atoms with Gasteiger partial charge in [0.15, 0.2) is 0 Å². The van der Waals surface area contributed by atoms with Crippen molar-refractivity contribution in [1.29, 1.82) is 0 Å². The molecule has 2 amide bonds. The van der Waals surface area contributed by atoms with E-state index in [1.807, 2.05) is 6.92 Å². The summed E-state index contributed by atoms with van der Waals surface area (Å²) in [7, 11) is 0. The lowest BCUT2D eigenvalue weighted by molar-refractivity contribution is -0.149. The molecule has 1 aliphatic rings.